The van der Waals surface area contributed by atoms with E-state index in [1.807, 2.05) is 6.92 Å². The number of aliphatic hydroxyl groups excluding tert-OH is 1. The Labute approximate surface area is 88.5 Å². The second-order valence-electron chi connectivity index (χ2n) is 3.43. The van der Waals surface area contributed by atoms with Crippen molar-refractivity contribution < 1.29 is 14.4 Å². The Hall–Kier alpha value is -1.36. The lowest BCUT2D eigenvalue weighted by molar-refractivity contribution is 0.0933. The fraction of sp³-hybridized carbons (Fsp3) is 0.600. The van der Waals surface area contributed by atoms with Crippen LogP contribution in [0.15, 0.2) is 10.6 Å². The highest BCUT2D eigenvalue weighted by atomic mass is 16.5. The highest BCUT2D eigenvalue weighted by Crippen LogP contribution is 2.01. The Balaban J connectivity index is 2.31. The van der Waals surface area contributed by atoms with Gasteiger partial charge in [-0.2, -0.15) is 0 Å². The Morgan fingerprint density at radius 1 is 1.73 bits per heavy atom. The minimum absolute atomic E-state index is 0.268. The first kappa shape index (κ1) is 11.7. The van der Waals surface area contributed by atoms with E-state index in [0.29, 0.717) is 25.1 Å². The first-order valence-corrected chi connectivity index (χ1v) is 5.03. The zero-order valence-electron chi connectivity index (χ0n) is 8.99. The van der Waals surface area contributed by atoms with Gasteiger partial charge < -0.3 is 14.9 Å². The maximum absolute atomic E-state index is 11.4. The van der Waals surface area contributed by atoms with Crippen molar-refractivity contribution in [2.75, 3.05) is 6.54 Å². The maximum Gasteiger partial charge on any atom is 0.273 e. The molecular formula is C10H16N2O3. The van der Waals surface area contributed by atoms with Gasteiger partial charge in [-0.05, 0) is 19.8 Å². The van der Waals surface area contributed by atoms with Crippen molar-refractivity contribution in [3.8, 4) is 0 Å². The van der Waals surface area contributed by atoms with Crippen LogP contribution in [0.1, 0.15) is 36.0 Å². The van der Waals surface area contributed by atoms with E-state index in [1.165, 1.54) is 0 Å². The maximum atomic E-state index is 11.4. The summed E-state index contributed by atoms with van der Waals surface area (Å²) in [6.07, 6.45) is 0.891. The molecule has 0 radical (unpaired) electrons. The summed E-state index contributed by atoms with van der Waals surface area (Å²) >= 11 is 0. The largest absolute Gasteiger partial charge is 0.393 e. The summed E-state index contributed by atoms with van der Waals surface area (Å²) in [5.74, 6) is 0.337. The topological polar surface area (TPSA) is 75.4 Å². The highest BCUT2D eigenvalue weighted by molar-refractivity contribution is 5.92. The van der Waals surface area contributed by atoms with Gasteiger partial charge in [-0.3, -0.25) is 4.79 Å². The first-order chi connectivity index (χ1) is 7.13. The molecule has 1 aromatic rings. The number of carbonyl (C=O) groups is 1. The molecule has 0 saturated carbocycles. The molecule has 1 heterocycles. The molecule has 1 unspecified atom stereocenters. The second kappa shape index (κ2) is 5.50. The van der Waals surface area contributed by atoms with E-state index in [4.69, 9.17) is 4.52 Å². The molecule has 2 N–H and O–H groups in total. The predicted molar refractivity (Wildman–Crippen MR) is 54.5 cm³/mol. The van der Waals surface area contributed by atoms with Crippen molar-refractivity contribution >= 4 is 5.91 Å². The zero-order valence-corrected chi connectivity index (χ0v) is 8.99. The summed E-state index contributed by atoms with van der Waals surface area (Å²) in [6, 6.07) is 1.57. The molecule has 0 aliphatic carbocycles. The van der Waals surface area contributed by atoms with E-state index in [9.17, 15) is 9.90 Å². The number of nitrogens with one attached hydrogen (secondary N) is 1. The van der Waals surface area contributed by atoms with E-state index in [1.54, 1.807) is 13.0 Å². The lowest BCUT2D eigenvalue weighted by Gasteiger charge is -2.07. The lowest BCUT2D eigenvalue weighted by atomic mass is 10.2. The average Bonchev–Trinajstić information content (AvgIpc) is 2.64. The zero-order chi connectivity index (χ0) is 11.3. The third-order valence-electron chi connectivity index (χ3n) is 2.09. The molecular weight excluding hydrogens is 196 g/mol. The van der Waals surface area contributed by atoms with Crippen molar-refractivity contribution in [3.63, 3.8) is 0 Å². The molecule has 5 heteroatoms. The fourth-order valence-electron chi connectivity index (χ4n) is 1.12. The Morgan fingerprint density at radius 2 is 2.47 bits per heavy atom. The summed E-state index contributed by atoms with van der Waals surface area (Å²) in [6.45, 7) is 4.07. The molecule has 1 atom stereocenters. The van der Waals surface area contributed by atoms with Crippen LogP contribution in [0.5, 0.6) is 0 Å². The van der Waals surface area contributed by atoms with Gasteiger partial charge in [0.1, 0.15) is 5.76 Å². The van der Waals surface area contributed by atoms with Crippen LogP contribution in [0.4, 0.5) is 0 Å². The van der Waals surface area contributed by atoms with Gasteiger partial charge in [0.2, 0.25) is 0 Å². The number of amides is 1. The molecule has 0 fully saturated rings. The third-order valence-corrected chi connectivity index (χ3v) is 2.09. The van der Waals surface area contributed by atoms with Gasteiger partial charge in [-0.25, -0.2) is 0 Å². The Morgan fingerprint density at radius 3 is 3.00 bits per heavy atom. The Bertz CT molecular complexity index is 322. The van der Waals surface area contributed by atoms with E-state index >= 15 is 0 Å². The highest BCUT2D eigenvalue weighted by Gasteiger charge is 2.10. The molecule has 0 aromatic carbocycles. The molecule has 84 valence electrons. The predicted octanol–water partition coefficient (Wildman–Crippen LogP) is 0.874. The van der Waals surface area contributed by atoms with Gasteiger partial charge in [0.15, 0.2) is 5.69 Å². The molecule has 0 bridgehead atoms. The Kier molecular flexibility index (Phi) is 4.30. The smallest absolute Gasteiger partial charge is 0.273 e. The number of rotatable bonds is 5. The van der Waals surface area contributed by atoms with Crippen LogP contribution in [0.2, 0.25) is 0 Å². The number of aryl methyl sites for hydroxylation is 1. The molecule has 15 heavy (non-hydrogen) atoms. The molecule has 5 nitrogen and oxygen atoms in total. The van der Waals surface area contributed by atoms with Crippen molar-refractivity contribution in [2.24, 2.45) is 0 Å². The average molecular weight is 212 g/mol. The van der Waals surface area contributed by atoms with Crippen LogP contribution in [0.3, 0.4) is 0 Å². The van der Waals surface area contributed by atoms with Crippen molar-refractivity contribution in [1.29, 1.82) is 0 Å². The SMILES string of the molecule is CCC(O)CCNC(=O)c1cc(C)on1. The summed E-state index contributed by atoms with van der Waals surface area (Å²) in [4.78, 5) is 11.4. The minimum Gasteiger partial charge on any atom is -0.393 e. The van der Waals surface area contributed by atoms with Gasteiger partial charge in [0, 0.05) is 12.6 Å². The van der Waals surface area contributed by atoms with Crippen LogP contribution in [-0.2, 0) is 0 Å². The van der Waals surface area contributed by atoms with Gasteiger partial charge in [0.05, 0.1) is 6.10 Å². The molecule has 0 aliphatic rings. The summed E-state index contributed by atoms with van der Waals surface area (Å²) in [5.41, 5.74) is 0.276. The van der Waals surface area contributed by atoms with Gasteiger partial charge in [-0.15, -0.1) is 0 Å². The standard InChI is InChI=1S/C10H16N2O3/c1-3-8(13)4-5-11-10(14)9-6-7(2)15-12-9/h6,8,13H,3-5H2,1-2H3,(H,11,14). The van der Waals surface area contributed by atoms with Crippen LogP contribution in [0, 0.1) is 6.92 Å². The molecule has 1 aromatic heterocycles. The summed E-state index contributed by atoms with van der Waals surface area (Å²) in [5, 5.41) is 15.5. The minimum atomic E-state index is -0.357. The fourth-order valence-corrected chi connectivity index (χ4v) is 1.12. The molecule has 1 amide bonds. The van der Waals surface area contributed by atoms with Crippen LogP contribution in [-0.4, -0.2) is 28.8 Å². The van der Waals surface area contributed by atoms with E-state index < -0.39 is 0 Å². The van der Waals surface area contributed by atoms with Crippen molar-refractivity contribution in [3.05, 3.63) is 17.5 Å². The first-order valence-electron chi connectivity index (χ1n) is 5.03. The van der Waals surface area contributed by atoms with Crippen molar-refractivity contribution in [2.45, 2.75) is 32.8 Å². The summed E-state index contributed by atoms with van der Waals surface area (Å²) < 4.78 is 4.77. The van der Waals surface area contributed by atoms with Crippen LogP contribution < -0.4 is 5.32 Å². The van der Waals surface area contributed by atoms with Crippen molar-refractivity contribution in [1.82, 2.24) is 10.5 Å². The summed E-state index contributed by atoms with van der Waals surface area (Å²) in [7, 11) is 0. The number of aliphatic hydroxyl groups is 1. The second-order valence-corrected chi connectivity index (χ2v) is 3.43. The monoisotopic (exact) mass is 212 g/mol. The lowest BCUT2D eigenvalue weighted by Crippen LogP contribution is -2.27. The number of nitrogens with zero attached hydrogens (tertiary/aromatic N) is 1. The number of aromatic nitrogens is 1. The quantitative estimate of drug-likeness (QED) is 0.759. The van der Waals surface area contributed by atoms with E-state index in [-0.39, 0.29) is 17.7 Å². The normalized spacial score (nSPS) is 12.5. The van der Waals surface area contributed by atoms with Gasteiger partial charge in [0.25, 0.3) is 5.91 Å². The molecule has 0 spiro atoms. The third kappa shape index (κ3) is 3.71. The van der Waals surface area contributed by atoms with Crippen LogP contribution >= 0.6 is 0 Å². The van der Waals surface area contributed by atoms with E-state index in [0.717, 1.165) is 0 Å². The van der Waals surface area contributed by atoms with E-state index in [2.05, 4.69) is 10.5 Å². The number of hydrogen-bond donors (Lipinski definition) is 2. The number of hydrogen-bond acceptors (Lipinski definition) is 4. The number of carbonyl (C=O) groups excluding carboxylic acids is 1. The van der Waals surface area contributed by atoms with Gasteiger partial charge >= 0.3 is 0 Å². The van der Waals surface area contributed by atoms with Crippen LogP contribution in [0.25, 0.3) is 0 Å². The molecule has 0 aliphatic heterocycles. The molecule has 0 saturated heterocycles. The van der Waals surface area contributed by atoms with Gasteiger partial charge in [-0.1, -0.05) is 12.1 Å². The molecule has 1 rings (SSSR count).